The van der Waals surface area contributed by atoms with Gasteiger partial charge in [-0.15, -0.1) is 10.5 Å². The lowest BCUT2D eigenvalue weighted by Crippen LogP contribution is -2.27. The van der Waals surface area contributed by atoms with Crippen molar-refractivity contribution < 1.29 is 18.9 Å². The molecule has 0 saturated heterocycles. The fourth-order valence-corrected chi connectivity index (χ4v) is 7.76. The molecule has 2 aliphatic rings. The van der Waals surface area contributed by atoms with Gasteiger partial charge in [0.1, 0.15) is 0 Å². The molecule has 5 rings (SSSR count). The molecule has 1 atom stereocenters. The average molecular weight is 490 g/mol. The molecule has 0 radical (unpaired) electrons. The molecule has 0 aromatic heterocycles. The highest BCUT2D eigenvalue weighted by molar-refractivity contribution is 8.24. The van der Waals surface area contributed by atoms with E-state index >= 15 is 0 Å². The van der Waals surface area contributed by atoms with Crippen LogP contribution in [0.25, 0.3) is 22.1 Å². The molecular formula is C29H31NO4S. The number of nitrogens with zero attached hydrogens (tertiary/aromatic N) is 1. The Hall–Kier alpha value is -3.22. The first-order chi connectivity index (χ1) is 17.0. The monoisotopic (exact) mass is 489 g/mol. The predicted molar refractivity (Wildman–Crippen MR) is 146 cm³/mol. The van der Waals surface area contributed by atoms with Gasteiger partial charge < -0.3 is 18.9 Å². The summed E-state index contributed by atoms with van der Waals surface area (Å²) in [6.07, 6.45) is 3.25. The molecule has 2 heterocycles. The number of rotatable bonds is 5. The van der Waals surface area contributed by atoms with Gasteiger partial charge in [0, 0.05) is 21.6 Å². The Kier molecular flexibility index (Phi) is 6.34. The van der Waals surface area contributed by atoms with E-state index in [0.717, 1.165) is 51.9 Å². The van der Waals surface area contributed by atoms with Crippen molar-refractivity contribution in [1.82, 2.24) is 4.90 Å². The van der Waals surface area contributed by atoms with Gasteiger partial charge in [0.2, 0.25) is 0 Å². The zero-order valence-electron chi connectivity index (χ0n) is 21.1. The van der Waals surface area contributed by atoms with Crippen LogP contribution < -0.4 is 18.9 Å². The Labute approximate surface area is 209 Å². The standard InChI is InChI=1S/C29H31NO4S/c1-30(2)29-22-17-25(32-4)24(31-3)14-19(22)15-26-23-16-21(18-10-8-7-9-11-18)28(34-6)27(33-5)20(23)12-13-35(26)29/h7-11,14-17H,12-13H2,1-6H3. The molecule has 0 aliphatic carbocycles. The SMILES string of the molecule is COc1cc2c(cc1OC)C(N(C)C)=S1CCc3c(cc(-c4ccccc4)c(OC)c3OC)C1=C2. The van der Waals surface area contributed by atoms with Gasteiger partial charge in [-0.3, -0.25) is 4.90 Å². The van der Waals surface area contributed by atoms with Crippen LogP contribution in [0.4, 0.5) is 0 Å². The minimum Gasteiger partial charge on any atom is -0.493 e. The van der Waals surface area contributed by atoms with Crippen molar-refractivity contribution in [3.8, 4) is 34.1 Å². The molecule has 1 unspecified atom stereocenters. The summed E-state index contributed by atoms with van der Waals surface area (Å²) in [5.74, 6) is 4.12. The summed E-state index contributed by atoms with van der Waals surface area (Å²) in [5.41, 5.74) is 6.92. The van der Waals surface area contributed by atoms with Crippen LogP contribution in [-0.2, 0) is 6.42 Å². The fraction of sp³-hybridized carbons (Fsp3) is 0.276. The van der Waals surface area contributed by atoms with Gasteiger partial charge in [-0.2, -0.15) is 0 Å². The zero-order chi connectivity index (χ0) is 24.7. The van der Waals surface area contributed by atoms with Gasteiger partial charge in [-0.1, -0.05) is 30.3 Å². The number of fused-ring (bicyclic) bond motifs is 4. The van der Waals surface area contributed by atoms with Crippen molar-refractivity contribution in [1.29, 1.82) is 0 Å². The van der Waals surface area contributed by atoms with Crippen molar-refractivity contribution in [3.63, 3.8) is 0 Å². The van der Waals surface area contributed by atoms with E-state index in [1.807, 2.05) is 6.07 Å². The highest BCUT2D eigenvalue weighted by Crippen LogP contribution is 2.54. The molecule has 3 aromatic carbocycles. The molecule has 182 valence electrons. The second kappa shape index (κ2) is 9.44. The molecule has 0 fully saturated rings. The van der Waals surface area contributed by atoms with Crippen LogP contribution in [0, 0.1) is 0 Å². The Morgan fingerprint density at radius 3 is 2.06 bits per heavy atom. The Morgan fingerprint density at radius 2 is 1.43 bits per heavy atom. The van der Waals surface area contributed by atoms with Gasteiger partial charge in [-0.05, 0) is 67.2 Å². The number of ether oxygens (including phenoxy) is 4. The maximum atomic E-state index is 5.98. The third kappa shape index (κ3) is 3.81. The fourth-order valence-electron chi connectivity index (χ4n) is 5.13. The van der Waals surface area contributed by atoms with Gasteiger partial charge in [0.25, 0.3) is 0 Å². The Balaban J connectivity index is 1.82. The maximum absolute atomic E-state index is 5.98. The molecule has 0 spiro atoms. The second-order valence-electron chi connectivity index (χ2n) is 8.73. The Morgan fingerprint density at radius 1 is 0.743 bits per heavy atom. The molecule has 5 nitrogen and oxygen atoms in total. The highest BCUT2D eigenvalue weighted by Gasteiger charge is 2.32. The van der Waals surface area contributed by atoms with Gasteiger partial charge >= 0.3 is 0 Å². The van der Waals surface area contributed by atoms with Crippen molar-refractivity contribution in [2.75, 3.05) is 48.3 Å². The quantitative estimate of drug-likeness (QED) is 0.426. The van der Waals surface area contributed by atoms with E-state index in [-0.39, 0.29) is 10.5 Å². The van der Waals surface area contributed by atoms with Crippen molar-refractivity contribution in [2.45, 2.75) is 6.42 Å². The first-order valence-corrected chi connectivity index (χ1v) is 13.0. The highest BCUT2D eigenvalue weighted by atomic mass is 32.2. The van der Waals surface area contributed by atoms with Crippen LogP contribution in [0.1, 0.15) is 22.3 Å². The maximum Gasteiger partial charge on any atom is 0.168 e. The molecule has 0 amide bonds. The second-order valence-corrected chi connectivity index (χ2v) is 10.7. The molecular weight excluding hydrogens is 458 g/mol. The van der Waals surface area contributed by atoms with E-state index in [4.69, 9.17) is 18.9 Å². The van der Waals surface area contributed by atoms with Crippen LogP contribution in [-0.4, -0.2) is 58.2 Å². The Bertz CT molecular complexity index is 1360. The summed E-state index contributed by atoms with van der Waals surface area (Å²) in [4.78, 5) is 4.90. The summed E-state index contributed by atoms with van der Waals surface area (Å²) < 4.78 is 23.2. The molecule has 3 aromatic rings. The van der Waals surface area contributed by atoms with E-state index in [9.17, 15) is 0 Å². The van der Waals surface area contributed by atoms with Gasteiger partial charge in [-0.25, -0.2) is 0 Å². The lowest BCUT2D eigenvalue weighted by Gasteiger charge is -2.34. The minimum atomic E-state index is -0.0846. The number of hydrogen-bond acceptors (Lipinski definition) is 5. The summed E-state index contributed by atoms with van der Waals surface area (Å²) >= 11 is 0. The first kappa shape index (κ1) is 23.5. The van der Waals surface area contributed by atoms with Crippen molar-refractivity contribution in [3.05, 3.63) is 70.8 Å². The van der Waals surface area contributed by atoms with E-state index in [1.165, 1.54) is 26.6 Å². The van der Waals surface area contributed by atoms with Crippen LogP contribution >= 0.6 is 10.5 Å². The minimum absolute atomic E-state index is 0.0846. The topological polar surface area (TPSA) is 40.2 Å². The van der Waals surface area contributed by atoms with Gasteiger partial charge in [0.05, 0.1) is 33.4 Å². The average Bonchev–Trinajstić information content (AvgIpc) is 2.89. The van der Waals surface area contributed by atoms with E-state index in [1.54, 1.807) is 28.4 Å². The van der Waals surface area contributed by atoms with E-state index in [0.29, 0.717) is 0 Å². The van der Waals surface area contributed by atoms with Crippen LogP contribution in [0.3, 0.4) is 0 Å². The summed E-state index contributed by atoms with van der Waals surface area (Å²) in [7, 11) is 11.0. The first-order valence-electron chi connectivity index (χ1n) is 11.6. The third-order valence-electron chi connectivity index (χ3n) is 6.63. The molecule has 6 heteroatoms. The lowest BCUT2D eigenvalue weighted by molar-refractivity contribution is 0.353. The summed E-state index contributed by atoms with van der Waals surface area (Å²) in [6, 6.07) is 16.9. The third-order valence-corrected chi connectivity index (χ3v) is 9.16. The largest absolute Gasteiger partial charge is 0.493 e. The van der Waals surface area contributed by atoms with Gasteiger partial charge in [0.15, 0.2) is 23.0 Å². The summed E-state index contributed by atoms with van der Waals surface area (Å²) in [6.45, 7) is 0. The number of benzene rings is 3. The van der Waals surface area contributed by atoms with Crippen molar-refractivity contribution >= 4 is 26.5 Å². The molecule has 2 aliphatic heterocycles. The lowest BCUT2D eigenvalue weighted by atomic mass is 9.93. The van der Waals surface area contributed by atoms with E-state index < -0.39 is 0 Å². The smallest absolute Gasteiger partial charge is 0.168 e. The molecule has 0 saturated carbocycles. The zero-order valence-corrected chi connectivity index (χ0v) is 21.9. The van der Waals surface area contributed by atoms with Crippen molar-refractivity contribution in [2.24, 2.45) is 0 Å². The normalized spacial score (nSPS) is 16.1. The predicted octanol–water partition coefficient (Wildman–Crippen LogP) is 5.76. The molecule has 35 heavy (non-hydrogen) atoms. The van der Waals surface area contributed by atoms with Crippen LogP contribution in [0.5, 0.6) is 23.0 Å². The number of methoxy groups -OCH3 is 4. The van der Waals surface area contributed by atoms with Crippen LogP contribution in [0.2, 0.25) is 0 Å². The molecule has 0 N–H and O–H groups in total. The van der Waals surface area contributed by atoms with Crippen LogP contribution in [0.15, 0.2) is 48.5 Å². The van der Waals surface area contributed by atoms with E-state index in [2.05, 4.69) is 67.5 Å². The summed E-state index contributed by atoms with van der Waals surface area (Å²) in [5, 5.41) is 0. The molecule has 0 bridgehead atoms. The number of hydrogen-bond donors (Lipinski definition) is 0.